The summed E-state index contributed by atoms with van der Waals surface area (Å²) in [6.45, 7) is 5.44. The Bertz CT molecular complexity index is 942. The van der Waals surface area contributed by atoms with Crippen molar-refractivity contribution in [3.8, 4) is 0 Å². The summed E-state index contributed by atoms with van der Waals surface area (Å²) in [5.41, 5.74) is 0. The molecule has 2 amide bonds. The van der Waals surface area contributed by atoms with Gasteiger partial charge in [0.25, 0.3) is 0 Å². The van der Waals surface area contributed by atoms with Crippen LogP contribution in [-0.2, 0) is 23.9 Å². The van der Waals surface area contributed by atoms with Crippen molar-refractivity contribution in [3.05, 3.63) is 48.6 Å². The van der Waals surface area contributed by atoms with Gasteiger partial charge in [-0.15, -0.1) is 0 Å². The Morgan fingerprint density at radius 1 is 0.500 bits per heavy atom. The lowest BCUT2D eigenvalue weighted by Gasteiger charge is -2.18. The van der Waals surface area contributed by atoms with E-state index in [0.29, 0.717) is 32.5 Å². The molecule has 7 nitrogen and oxygen atoms in total. The number of hydrogen-bond donors (Lipinski definition) is 2. The summed E-state index contributed by atoms with van der Waals surface area (Å²) in [7, 11) is 1.64. The molecule has 52 heavy (non-hydrogen) atoms. The highest BCUT2D eigenvalue weighted by atomic mass is 16.5. The molecule has 1 unspecified atom stereocenters. The number of amides is 2. The summed E-state index contributed by atoms with van der Waals surface area (Å²) in [6, 6.07) is -0.881. The second kappa shape index (κ2) is 41.1. The number of carbonyl (C=O) groups is 3. The van der Waals surface area contributed by atoms with E-state index in [2.05, 4.69) is 73.1 Å². The molecule has 7 heteroatoms. The average Bonchev–Trinajstić information content (AvgIpc) is 3.14. The molecule has 2 N–H and O–H groups in total. The van der Waals surface area contributed by atoms with Crippen molar-refractivity contribution >= 4 is 17.8 Å². The first-order valence-electron chi connectivity index (χ1n) is 21.4. The molecule has 0 bridgehead atoms. The number of carbonyl (C=O) groups excluding carboxylic acids is 3. The molecule has 300 valence electrons. The first-order valence-corrected chi connectivity index (χ1v) is 21.4. The summed E-state index contributed by atoms with van der Waals surface area (Å²) in [5.74, 6) is -0.789. The number of methoxy groups -OCH3 is 1. The van der Waals surface area contributed by atoms with Crippen LogP contribution in [0.3, 0.4) is 0 Å². The molecule has 0 heterocycles. The Balaban J connectivity index is 4.20. The minimum Gasteiger partial charge on any atom is -0.464 e. The predicted molar refractivity (Wildman–Crippen MR) is 220 cm³/mol. The molecule has 0 aromatic rings. The lowest BCUT2D eigenvalue weighted by Crippen LogP contribution is -2.49. The second-order valence-corrected chi connectivity index (χ2v) is 14.1. The molecule has 0 rings (SSSR count). The molecule has 0 aromatic carbocycles. The van der Waals surface area contributed by atoms with Crippen LogP contribution in [-0.4, -0.2) is 50.7 Å². The molecule has 0 aliphatic heterocycles. The number of ether oxygens (including phenoxy) is 2. The molecule has 0 aromatic heterocycles. The highest BCUT2D eigenvalue weighted by Gasteiger charge is 2.23. The van der Waals surface area contributed by atoms with E-state index in [1.165, 1.54) is 77.0 Å². The largest absolute Gasteiger partial charge is 0.464 e. The van der Waals surface area contributed by atoms with Gasteiger partial charge in [0, 0.05) is 33.1 Å². The molecular formula is C45H80N2O5. The Hall–Kier alpha value is -2.67. The van der Waals surface area contributed by atoms with Crippen LogP contribution >= 0.6 is 0 Å². The van der Waals surface area contributed by atoms with E-state index in [0.717, 1.165) is 77.0 Å². The molecular weight excluding hydrogens is 649 g/mol. The van der Waals surface area contributed by atoms with Gasteiger partial charge >= 0.3 is 5.97 Å². The SMILES string of the molecule is CCCCC/C=C\C/C=C\CCCCCCCCOC(=O)C(CNC(=O)CCCCCCC/C=C\C/C=C\CCCCC)NC(=O)CCCCOC. The zero-order chi connectivity index (χ0) is 38.0. The number of rotatable bonds is 38. The van der Waals surface area contributed by atoms with Gasteiger partial charge in [0.2, 0.25) is 11.8 Å². The summed E-state index contributed by atoms with van der Waals surface area (Å²) < 4.78 is 10.6. The van der Waals surface area contributed by atoms with Gasteiger partial charge in [0.15, 0.2) is 0 Å². The van der Waals surface area contributed by atoms with Gasteiger partial charge < -0.3 is 20.1 Å². The van der Waals surface area contributed by atoms with Gasteiger partial charge in [-0.1, -0.05) is 133 Å². The first-order chi connectivity index (χ1) is 25.5. The van der Waals surface area contributed by atoms with E-state index < -0.39 is 12.0 Å². The summed E-state index contributed by atoms with van der Waals surface area (Å²) in [6.07, 6.45) is 46.7. The third-order valence-corrected chi connectivity index (χ3v) is 9.07. The van der Waals surface area contributed by atoms with E-state index in [-0.39, 0.29) is 18.4 Å². The van der Waals surface area contributed by atoms with Crippen molar-refractivity contribution < 1.29 is 23.9 Å². The number of nitrogens with one attached hydrogen (secondary N) is 2. The molecule has 0 radical (unpaired) electrons. The molecule has 0 aliphatic rings. The normalized spacial score (nSPS) is 12.4. The number of esters is 1. The van der Waals surface area contributed by atoms with Crippen LogP contribution in [0.15, 0.2) is 48.6 Å². The second-order valence-electron chi connectivity index (χ2n) is 14.1. The fraction of sp³-hybridized carbons (Fsp3) is 0.756. The smallest absolute Gasteiger partial charge is 0.330 e. The van der Waals surface area contributed by atoms with Crippen molar-refractivity contribution in [3.63, 3.8) is 0 Å². The quantitative estimate of drug-likeness (QED) is 0.0375. The van der Waals surface area contributed by atoms with Crippen molar-refractivity contribution in [2.75, 3.05) is 26.9 Å². The lowest BCUT2D eigenvalue weighted by molar-refractivity contribution is -0.148. The van der Waals surface area contributed by atoms with Crippen molar-refractivity contribution in [2.45, 2.75) is 193 Å². The lowest BCUT2D eigenvalue weighted by atomic mass is 10.1. The summed E-state index contributed by atoms with van der Waals surface area (Å²) in [5, 5.41) is 5.65. The predicted octanol–water partition coefficient (Wildman–Crippen LogP) is 11.6. The van der Waals surface area contributed by atoms with E-state index >= 15 is 0 Å². The Morgan fingerprint density at radius 3 is 1.44 bits per heavy atom. The van der Waals surface area contributed by atoms with Gasteiger partial charge in [-0.05, 0) is 89.9 Å². The minimum absolute atomic E-state index is 0.0471. The Kier molecular flexibility index (Phi) is 39.0. The van der Waals surface area contributed by atoms with Crippen molar-refractivity contribution in [2.24, 2.45) is 0 Å². The first kappa shape index (κ1) is 49.3. The monoisotopic (exact) mass is 729 g/mol. The van der Waals surface area contributed by atoms with Crippen LogP contribution in [0.1, 0.15) is 187 Å². The number of allylic oxidation sites excluding steroid dienone is 8. The maximum atomic E-state index is 12.9. The fourth-order valence-corrected chi connectivity index (χ4v) is 5.76. The number of hydrogen-bond acceptors (Lipinski definition) is 5. The highest BCUT2D eigenvalue weighted by molar-refractivity contribution is 5.85. The Labute approximate surface area is 320 Å². The molecule has 0 fully saturated rings. The van der Waals surface area contributed by atoms with E-state index in [4.69, 9.17) is 9.47 Å². The fourth-order valence-electron chi connectivity index (χ4n) is 5.76. The van der Waals surface area contributed by atoms with E-state index in [1.54, 1.807) is 7.11 Å². The van der Waals surface area contributed by atoms with Crippen LogP contribution in [0.2, 0.25) is 0 Å². The maximum absolute atomic E-state index is 12.9. The zero-order valence-corrected chi connectivity index (χ0v) is 34.0. The van der Waals surface area contributed by atoms with Gasteiger partial charge in [0.1, 0.15) is 6.04 Å². The molecule has 0 aliphatic carbocycles. The highest BCUT2D eigenvalue weighted by Crippen LogP contribution is 2.10. The standard InChI is InChI=1S/C45H80N2O5/c1-4-6-8-10-12-14-16-18-20-22-24-26-28-30-32-35-40-52-45(50)42(47-44(49)38-34-36-39-51-3)41-46-43(48)37-33-31-29-27-25-23-21-19-17-15-13-11-9-7-5-2/h12-15,18-21,42H,4-11,16-17,22-41H2,1-3H3,(H,46,48)(H,47,49)/b14-12-,15-13-,20-18-,21-19-. The minimum atomic E-state index is -0.881. The van der Waals surface area contributed by atoms with E-state index in [1.807, 2.05) is 0 Å². The van der Waals surface area contributed by atoms with Crippen LogP contribution < -0.4 is 10.6 Å². The third kappa shape index (κ3) is 37.1. The van der Waals surface area contributed by atoms with Crippen LogP contribution in [0.4, 0.5) is 0 Å². The average molecular weight is 729 g/mol. The summed E-state index contributed by atoms with van der Waals surface area (Å²) >= 11 is 0. The summed E-state index contributed by atoms with van der Waals surface area (Å²) in [4.78, 5) is 38.0. The van der Waals surface area contributed by atoms with Gasteiger partial charge in [-0.3, -0.25) is 9.59 Å². The van der Waals surface area contributed by atoms with Crippen LogP contribution in [0.25, 0.3) is 0 Å². The Morgan fingerprint density at radius 2 is 0.923 bits per heavy atom. The molecule has 0 spiro atoms. The van der Waals surface area contributed by atoms with Gasteiger partial charge in [-0.2, -0.15) is 0 Å². The van der Waals surface area contributed by atoms with Crippen molar-refractivity contribution in [1.82, 2.24) is 10.6 Å². The molecule has 0 saturated heterocycles. The number of unbranched alkanes of at least 4 members (excludes halogenated alkanes) is 18. The molecule has 1 atom stereocenters. The zero-order valence-electron chi connectivity index (χ0n) is 34.0. The van der Waals surface area contributed by atoms with Gasteiger partial charge in [-0.25, -0.2) is 4.79 Å². The van der Waals surface area contributed by atoms with Gasteiger partial charge in [0.05, 0.1) is 6.61 Å². The maximum Gasteiger partial charge on any atom is 0.330 e. The topological polar surface area (TPSA) is 93.7 Å². The molecule has 0 saturated carbocycles. The van der Waals surface area contributed by atoms with Crippen molar-refractivity contribution in [1.29, 1.82) is 0 Å². The third-order valence-electron chi connectivity index (χ3n) is 9.07. The van der Waals surface area contributed by atoms with Crippen LogP contribution in [0.5, 0.6) is 0 Å². The van der Waals surface area contributed by atoms with E-state index in [9.17, 15) is 14.4 Å². The van der Waals surface area contributed by atoms with Crippen LogP contribution in [0, 0.1) is 0 Å².